The van der Waals surface area contributed by atoms with Gasteiger partial charge >= 0.3 is 0 Å². The normalized spacial score (nSPS) is 11.4. The highest BCUT2D eigenvalue weighted by molar-refractivity contribution is 6.11. The van der Waals surface area contributed by atoms with Crippen LogP contribution in [0.1, 0.15) is 0 Å². The molecule has 0 atom stereocenters. The Balaban J connectivity index is 0.935. The van der Waals surface area contributed by atoms with Crippen molar-refractivity contribution in [3.63, 3.8) is 0 Å². The first kappa shape index (κ1) is 37.3. The Morgan fingerprint density at radius 1 is 0.266 bits per heavy atom. The first-order chi connectivity index (χ1) is 31.7. The second kappa shape index (κ2) is 15.8. The molecule has 300 valence electrons. The highest BCUT2D eigenvalue weighted by Crippen LogP contribution is 2.45. The third-order valence-corrected chi connectivity index (χ3v) is 12.7. The monoisotopic (exact) mass is 815 g/mol. The summed E-state index contributed by atoms with van der Waals surface area (Å²) in [6.45, 7) is 0. The first-order valence-corrected chi connectivity index (χ1v) is 21.9. The number of para-hydroxylation sites is 3. The van der Waals surface area contributed by atoms with Gasteiger partial charge in [-0.2, -0.15) is 0 Å². The fraction of sp³-hybridized carbons (Fsp3) is 0. The molecule has 1 aromatic heterocycles. The molecule has 1 heterocycles. The summed E-state index contributed by atoms with van der Waals surface area (Å²) in [5, 5.41) is 7.24. The molecule has 12 rings (SSSR count). The summed E-state index contributed by atoms with van der Waals surface area (Å²) >= 11 is 0. The molecule has 2 nitrogen and oxygen atoms in total. The predicted octanol–water partition coefficient (Wildman–Crippen LogP) is 17.7. The maximum atomic E-state index is 6.62. The zero-order valence-corrected chi connectivity index (χ0v) is 35.0. The van der Waals surface area contributed by atoms with Gasteiger partial charge in [-0.3, -0.25) is 0 Å². The Bertz CT molecular complexity index is 3650. The van der Waals surface area contributed by atoms with Gasteiger partial charge < -0.3 is 9.32 Å². The van der Waals surface area contributed by atoms with Crippen molar-refractivity contribution >= 4 is 60.5 Å². The van der Waals surface area contributed by atoms with E-state index in [0.29, 0.717) is 0 Å². The molecule has 0 saturated carbocycles. The minimum atomic E-state index is 0.889. The third-order valence-electron chi connectivity index (χ3n) is 12.7. The topological polar surface area (TPSA) is 16.4 Å². The highest BCUT2D eigenvalue weighted by Gasteiger charge is 2.21. The van der Waals surface area contributed by atoms with E-state index in [4.69, 9.17) is 4.42 Å². The number of anilines is 3. The Hall–Kier alpha value is -8.46. The summed E-state index contributed by atoms with van der Waals surface area (Å²) in [7, 11) is 0. The summed E-state index contributed by atoms with van der Waals surface area (Å²) in [5.74, 6) is 0. The van der Waals surface area contributed by atoms with E-state index in [9.17, 15) is 0 Å². The molecule has 0 bridgehead atoms. The van der Waals surface area contributed by atoms with Crippen molar-refractivity contribution in [1.82, 2.24) is 0 Å². The average molecular weight is 816 g/mol. The number of rotatable bonds is 8. The van der Waals surface area contributed by atoms with Crippen molar-refractivity contribution in [2.75, 3.05) is 4.90 Å². The number of fused-ring (bicyclic) bond motifs is 5. The molecular formula is C62H41NO. The van der Waals surface area contributed by atoms with E-state index in [2.05, 4.69) is 248 Å². The minimum absolute atomic E-state index is 0.889. The molecule has 0 unspecified atom stereocenters. The third kappa shape index (κ3) is 6.70. The molecule has 0 aliphatic carbocycles. The van der Waals surface area contributed by atoms with Crippen LogP contribution in [0.2, 0.25) is 0 Å². The highest BCUT2D eigenvalue weighted by atomic mass is 16.3. The van der Waals surface area contributed by atoms with E-state index in [0.717, 1.165) is 61.3 Å². The molecule has 12 aromatic rings. The molecule has 64 heavy (non-hydrogen) atoms. The Morgan fingerprint density at radius 2 is 0.750 bits per heavy atom. The number of hydrogen-bond acceptors (Lipinski definition) is 2. The van der Waals surface area contributed by atoms with Crippen LogP contribution in [0.4, 0.5) is 17.1 Å². The largest absolute Gasteiger partial charge is 0.455 e. The molecule has 0 saturated heterocycles. The van der Waals surface area contributed by atoms with Gasteiger partial charge in [0.1, 0.15) is 11.2 Å². The van der Waals surface area contributed by atoms with Crippen molar-refractivity contribution in [3.8, 4) is 55.6 Å². The lowest BCUT2D eigenvalue weighted by molar-refractivity contribution is 0.670. The average Bonchev–Trinajstić information content (AvgIpc) is 3.76. The van der Waals surface area contributed by atoms with Crippen LogP contribution in [0, 0.1) is 0 Å². The molecule has 0 aliphatic rings. The number of nitrogens with zero attached hydrogens (tertiary/aromatic N) is 1. The van der Waals surface area contributed by atoms with Gasteiger partial charge in [-0.05, 0) is 115 Å². The number of furan rings is 1. The van der Waals surface area contributed by atoms with Gasteiger partial charge in [0, 0.05) is 33.3 Å². The molecule has 2 heteroatoms. The second-order valence-electron chi connectivity index (χ2n) is 16.5. The zero-order chi connectivity index (χ0) is 42.4. The lowest BCUT2D eigenvalue weighted by Gasteiger charge is -2.28. The van der Waals surface area contributed by atoms with Gasteiger partial charge in [-0.1, -0.05) is 200 Å². The molecule has 0 fully saturated rings. The van der Waals surface area contributed by atoms with Crippen molar-refractivity contribution < 1.29 is 4.42 Å². The summed E-state index contributed by atoms with van der Waals surface area (Å²) in [6, 6.07) is 89.6. The van der Waals surface area contributed by atoms with Crippen LogP contribution in [0.3, 0.4) is 0 Å². The van der Waals surface area contributed by atoms with Crippen LogP contribution in [-0.2, 0) is 0 Å². The van der Waals surface area contributed by atoms with Gasteiger partial charge in [0.05, 0.1) is 5.69 Å². The van der Waals surface area contributed by atoms with E-state index in [1.165, 1.54) is 54.9 Å². The van der Waals surface area contributed by atoms with Crippen molar-refractivity contribution in [2.24, 2.45) is 0 Å². The van der Waals surface area contributed by atoms with Crippen LogP contribution in [0.5, 0.6) is 0 Å². The molecular weight excluding hydrogens is 775 g/mol. The quantitative estimate of drug-likeness (QED) is 0.152. The lowest BCUT2D eigenvalue weighted by Crippen LogP contribution is -2.11. The Kier molecular flexibility index (Phi) is 9.20. The Morgan fingerprint density at radius 3 is 1.53 bits per heavy atom. The zero-order valence-electron chi connectivity index (χ0n) is 35.0. The molecule has 0 amide bonds. The van der Waals surface area contributed by atoms with E-state index in [-0.39, 0.29) is 0 Å². The molecule has 0 N–H and O–H groups in total. The molecule has 0 spiro atoms. The second-order valence-corrected chi connectivity index (χ2v) is 16.5. The van der Waals surface area contributed by atoms with Crippen molar-refractivity contribution in [1.29, 1.82) is 0 Å². The smallest absolute Gasteiger partial charge is 0.143 e. The van der Waals surface area contributed by atoms with E-state index in [1.807, 2.05) is 6.07 Å². The summed E-state index contributed by atoms with van der Waals surface area (Å²) < 4.78 is 6.62. The van der Waals surface area contributed by atoms with Gasteiger partial charge in [0.2, 0.25) is 0 Å². The van der Waals surface area contributed by atoms with Crippen LogP contribution >= 0.6 is 0 Å². The predicted molar refractivity (Wildman–Crippen MR) is 271 cm³/mol. The van der Waals surface area contributed by atoms with E-state index >= 15 is 0 Å². The first-order valence-electron chi connectivity index (χ1n) is 21.9. The van der Waals surface area contributed by atoms with Crippen molar-refractivity contribution in [2.45, 2.75) is 0 Å². The maximum Gasteiger partial charge on any atom is 0.143 e. The fourth-order valence-electron chi connectivity index (χ4n) is 9.46. The van der Waals surface area contributed by atoms with Crippen LogP contribution < -0.4 is 4.90 Å². The van der Waals surface area contributed by atoms with Gasteiger partial charge in [-0.25, -0.2) is 0 Å². The molecule has 11 aromatic carbocycles. The summed E-state index contributed by atoms with van der Waals surface area (Å²) in [6.07, 6.45) is 0. The summed E-state index contributed by atoms with van der Waals surface area (Å²) in [5.41, 5.74) is 16.7. The number of benzene rings is 11. The number of hydrogen-bond donors (Lipinski definition) is 0. The lowest BCUT2D eigenvalue weighted by atomic mass is 9.96. The van der Waals surface area contributed by atoms with E-state index < -0.39 is 0 Å². The van der Waals surface area contributed by atoms with Gasteiger partial charge in [0.25, 0.3) is 0 Å². The molecule has 0 radical (unpaired) electrons. The van der Waals surface area contributed by atoms with Crippen LogP contribution in [0.25, 0.3) is 99.1 Å². The standard InChI is InChI=1S/C62H41NO/c1-2-14-48-41-51(31-28-42(48)12-1)50-17-9-16-49(40-50)45-34-38-53(39-35-45)63(60-24-7-5-19-56(60)58-22-11-23-59-57-20-6-8-25-61(57)64-62(58)59)52-36-32-44(33-37-52)43-26-29-47(30-27-43)55-21-10-15-46-13-3-4-18-54(46)55/h1-41H. The van der Waals surface area contributed by atoms with Crippen LogP contribution in [-0.4, -0.2) is 0 Å². The van der Waals surface area contributed by atoms with Crippen molar-refractivity contribution in [3.05, 3.63) is 249 Å². The Labute approximate surface area is 372 Å². The van der Waals surface area contributed by atoms with Gasteiger partial charge in [-0.15, -0.1) is 0 Å². The maximum absolute atomic E-state index is 6.62. The minimum Gasteiger partial charge on any atom is -0.455 e. The van der Waals surface area contributed by atoms with E-state index in [1.54, 1.807) is 0 Å². The molecule has 0 aliphatic heterocycles. The van der Waals surface area contributed by atoms with Crippen LogP contribution in [0.15, 0.2) is 253 Å². The fourth-order valence-corrected chi connectivity index (χ4v) is 9.46. The van der Waals surface area contributed by atoms with Gasteiger partial charge in [0.15, 0.2) is 0 Å². The summed E-state index contributed by atoms with van der Waals surface area (Å²) in [4.78, 5) is 2.37. The SMILES string of the molecule is c1cc(-c2ccc(N(c3ccc(-c4ccc(-c5cccc6ccccc56)cc4)cc3)c3ccccc3-c3cccc4c3oc3ccccc34)cc2)cc(-c2ccc3ccccc3c2)c1.